The minimum absolute atomic E-state index is 0.107. The molecule has 1 fully saturated rings. The van der Waals surface area contributed by atoms with Crippen molar-refractivity contribution in [1.29, 1.82) is 0 Å². The van der Waals surface area contributed by atoms with Crippen molar-refractivity contribution < 1.29 is 9.53 Å². The number of benzene rings is 2. The molecular weight excluding hydrogens is 336 g/mol. The molecule has 0 aromatic heterocycles. The number of unbranched alkanes of at least 4 members (excludes halogenated alkanes) is 1. The molecule has 0 N–H and O–H groups in total. The number of piperazine rings is 1. The number of aryl methyl sites for hydroxylation is 1. The lowest BCUT2D eigenvalue weighted by Crippen LogP contribution is -2.49. The topological polar surface area (TPSA) is 32.8 Å². The maximum atomic E-state index is 12.8. The fourth-order valence-corrected chi connectivity index (χ4v) is 3.44. The number of nitrogens with zero attached hydrogens (tertiary/aromatic N) is 2. The van der Waals surface area contributed by atoms with E-state index in [-0.39, 0.29) is 5.91 Å². The maximum Gasteiger partial charge on any atom is 0.253 e. The highest BCUT2D eigenvalue weighted by Crippen LogP contribution is 2.24. The Labute approximate surface area is 162 Å². The van der Waals surface area contributed by atoms with Gasteiger partial charge >= 0.3 is 0 Å². The number of carbonyl (C=O) groups excluding carboxylic acids is 1. The van der Waals surface area contributed by atoms with Crippen molar-refractivity contribution in [3.05, 3.63) is 59.2 Å². The second-order valence-corrected chi connectivity index (χ2v) is 7.22. The Bertz CT molecular complexity index is 762. The summed E-state index contributed by atoms with van der Waals surface area (Å²) in [6, 6.07) is 14.0. The van der Waals surface area contributed by atoms with E-state index in [9.17, 15) is 4.79 Å². The van der Waals surface area contributed by atoms with Gasteiger partial charge in [-0.1, -0.05) is 25.5 Å². The SMILES string of the molecule is CCCCOc1ccc(C(=O)N2CCN(c3cccc(C)c3C)CC2)cc1. The third-order valence-corrected chi connectivity index (χ3v) is 5.35. The summed E-state index contributed by atoms with van der Waals surface area (Å²) in [6.07, 6.45) is 2.16. The van der Waals surface area contributed by atoms with Gasteiger partial charge in [0.2, 0.25) is 0 Å². The van der Waals surface area contributed by atoms with E-state index in [1.807, 2.05) is 29.2 Å². The first kappa shape index (κ1) is 19.3. The second-order valence-electron chi connectivity index (χ2n) is 7.22. The Kier molecular flexibility index (Phi) is 6.38. The van der Waals surface area contributed by atoms with E-state index in [4.69, 9.17) is 4.74 Å². The third-order valence-electron chi connectivity index (χ3n) is 5.35. The van der Waals surface area contributed by atoms with Crippen LogP contribution in [0.2, 0.25) is 0 Å². The molecular formula is C23H30N2O2. The molecule has 0 saturated carbocycles. The molecule has 0 unspecified atom stereocenters. The predicted molar refractivity (Wildman–Crippen MR) is 111 cm³/mol. The number of amides is 1. The van der Waals surface area contributed by atoms with Gasteiger partial charge in [-0.05, 0) is 61.7 Å². The minimum atomic E-state index is 0.107. The van der Waals surface area contributed by atoms with Crippen molar-refractivity contribution in [1.82, 2.24) is 4.90 Å². The first-order chi connectivity index (χ1) is 13.1. The molecule has 0 atom stereocenters. The number of carbonyl (C=O) groups is 1. The first-order valence-electron chi connectivity index (χ1n) is 9.93. The maximum absolute atomic E-state index is 12.8. The van der Waals surface area contributed by atoms with Gasteiger partial charge in [0.15, 0.2) is 0 Å². The lowest BCUT2D eigenvalue weighted by atomic mass is 10.1. The van der Waals surface area contributed by atoms with E-state index in [0.717, 1.165) is 56.9 Å². The minimum Gasteiger partial charge on any atom is -0.494 e. The number of ether oxygens (including phenoxy) is 1. The smallest absolute Gasteiger partial charge is 0.253 e. The van der Waals surface area contributed by atoms with Crippen LogP contribution >= 0.6 is 0 Å². The quantitative estimate of drug-likeness (QED) is 0.708. The molecule has 144 valence electrons. The van der Waals surface area contributed by atoms with Crippen LogP contribution in [0.5, 0.6) is 5.75 Å². The second kappa shape index (κ2) is 8.94. The van der Waals surface area contributed by atoms with Crippen molar-refractivity contribution >= 4 is 11.6 Å². The Hall–Kier alpha value is -2.49. The number of anilines is 1. The molecule has 1 saturated heterocycles. The highest BCUT2D eigenvalue weighted by molar-refractivity contribution is 5.94. The zero-order valence-corrected chi connectivity index (χ0v) is 16.7. The molecule has 27 heavy (non-hydrogen) atoms. The highest BCUT2D eigenvalue weighted by atomic mass is 16.5. The number of rotatable bonds is 6. The fraction of sp³-hybridized carbons (Fsp3) is 0.435. The monoisotopic (exact) mass is 366 g/mol. The third kappa shape index (κ3) is 4.62. The standard InChI is InChI=1S/C23H30N2O2/c1-4-5-17-27-21-11-9-20(10-12-21)23(26)25-15-13-24(14-16-25)22-8-6-7-18(2)19(22)3/h6-12H,4-5,13-17H2,1-3H3. The molecule has 0 aliphatic carbocycles. The summed E-state index contributed by atoms with van der Waals surface area (Å²) < 4.78 is 5.68. The van der Waals surface area contributed by atoms with Gasteiger partial charge in [0.05, 0.1) is 6.61 Å². The highest BCUT2D eigenvalue weighted by Gasteiger charge is 2.23. The van der Waals surface area contributed by atoms with Crippen molar-refractivity contribution in [2.45, 2.75) is 33.6 Å². The van der Waals surface area contributed by atoms with E-state index < -0.39 is 0 Å². The Morgan fingerprint density at radius 3 is 2.37 bits per heavy atom. The van der Waals surface area contributed by atoms with Crippen LogP contribution in [0.25, 0.3) is 0 Å². The molecule has 4 nitrogen and oxygen atoms in total. The molecule has 0 spiro atoms. The molecule has 1 amide bonds. The van der Waals surface area contributed by atoms with Crippen LogP contribution in [0, 0.1) is 13.8 Å². The fourth-order valence-electron chi connectivity index (χ4n) is 3.44. The molecule has 1 aliphatic rings. The number of hydrogen-bond donors (Lipinski definition) is 0. The normalized spacial score (nSPS) is 14.3. The molecule has 4 heteroatoms. The average molecular weight is 367 g/mol. The summed E-state index contributed by atoms with van der Waals surface area (Å²) >= 11 is 0. The lowest BCUT2D eigenvalue weighted by Gasteiger charge is -2.37. The van der Waals surface area contributed by atoms with Gasteiger partial charge < -0.3 is 14.5 Å². The van der Waals surface area contributed by atoms with E-state index in [1.54, 1.807) is 0 Å². The van der Waals surface area contributed by atoms with Gasteiger partial charge in [-0.2, -0.15) is 0 Å². The van der Waals surface area contributed by atoms with Gasteiger partial charge in [-0.3, -0.25) is 4.79 Å². The summed E-state index contributed by atoms with van der Waals surface area (Å²) in [4.78, 5) is 17.1. The zero-order valence-electron chi connectivity index (χ0n) is 16.7. The van der Waals surface area contributed by atoms with Crippen molar-refractivity contribution in [2.75, 3.05) is 37.7 Å². The van der Waals surface area contributed by atoms with Gasteiger partial charge in [-0.25, -0.2) is 0 Å². The Balaban J connectivity index is 1.57. The van der Waals surface area contributed by atoms with Crippen LogP contribution < -0.4 is 9.64 Å². The summed E-state index contributed by atoms with van der Waals surface area (Å²) in [7, 11) is 0. The van der Waals surface area contributed by atoms with Crippen LogP contribution in [0.15, 0.2) is 42.5 Å². The van der Waals surface area contributed by atoms with Crippen LogP contribution in [0.1, 0.15) is 41.3 Å². The van der Waals surface area contributed by atoms with E-state index in [1.165, 1.54) is 16.8 Å². The Morgan fingerprint density at radius 1 is 1.00 bits per heavy atom. The van der Waals surface area contributed by atoms with Crippen molar-refractivity contribution in [3.63, 3.8) is 0 Å². The molecule has 0 radical (unpaired) electrons. The van der Waals surface area contributed by atoms with Gasteiger partial charge in [0.25, 0.3) is 5.91 Å². The molecule has 1 aliphatic heterocycles. The molecule has 0 bridgehead atoms. The van der Waals surface area contributed by atoms with Gasteiger partial charge in [0, 0.05) is 37.4 Å². The summed E-state index contributed by atoms with van der Waals surface area (Å²) in [5.41, 5.74) is 4.66. The molecule has 3 rings (SSSR count). The predicted octanol–water partition coefficient (Wildman–Crippen LogP) is 4.44. The Morgan fingerprint density at radius 2 is 1.70 bits per heavy atom. The van der Waals surface area contributed by atoms with Crippen LogP contribution in [-0.4, -0.2) is 43.6 Å². The zero-order chi connectivity index (χ0) is 19.2. The summed E-state index contributed by atoms with van der Waals surface area (Å²) in [5, 5.41) is 0. The summed E-state index contributed by atoms with van der Waals surface area (Å²) in [5.74, 6) is 0.940. The lowest BCUT2D eigenvalue weighted by molar-refractivity contribution is 0.0746. The van der Waals surface area contributed by atoms with Crippen molar-refractivity contribution in [2.24, 2.45) is 0 Å². The van der Waals surface area contributed by atoms with Gasteiger partial charge in [-0.15, -0.1) is 0 Å². The van der Waals surface area contributed by atoms with Crippen LogP contribution in [-0.2, 0) is 0 Å². The van der Waals surface area contributed by atoms with E-state index >= 15 is 0 Å². The summed E-state index contributed by atoms with van der Waals surface area (Å²) in [6.45, 7) is 10.4. The first-order valence-corrected chi connectivity index (χ1v) is 9.93. The van der Waals surface area contributed by atoms with Gasteiger partial charge in [0.1, 0.15) is 5.75 Å². The largest absolute Gasteiger partial charge is 0.494 e. The molecule has 2 aromatic carbocycles. The van der Waals surface area contributed by atoms with E-state index in [2.05, 4.69) is 43.9 Å². The molecule has 1 heterocycles. The van der Waals surface area contributed by atoms with Crippen LogP contribution in [0.3, 0.4) is 0 Å². The average Bonchev–Trinajstić information content (AvgIpc) is 2.70. The van der Waals surface area contributed by atoms with Crippen molar-refractivity contribution in [3.8, 4) is 5.75 Å². The van der Waals surface area contributed by atoms with E-state index in [0.29, 0.717) is 0 Å². The number of hydrogen-bond acceptors (Lipinski definition) is 3. The van der Waals surface area contributed by atoms with Crippen LogP contribution in [0.4, 0.5) is 5.69 Å². The molecule has 2 aromatic rings.